The Kier molecular flexibility index (Phi) is 4.12. The number of nitrogens with zero attached hydrogens (tertiary/aromatic N) is 2. The molecule has 2 aromatic rings. The van der Waals surface area contributed by atoms with E-state index in [4.69, 9.17) is 9.47 Å². The highest BCUT2D eigenvalue weighted by Gasteiger charge is 2.14. The topological polar surface area (TPSA) is 48.3 Å². The van der Waals surface area contributed by atoms with E-state index in [2.05, 4.69) is 10.4 Å². The number of anilines is 1. The van der Waals surface area contributed by atoms with Crippen molar-refractivity contribution < 1.29 is 13.9 Å². The van der Waals surface area contributed by atoms with Crippen LogP contribution in [0.2, 0.25) is 0 Å². The Hall–Kier alpha value is -2.24. The number of ether oxygens (including phenoxy) is 2. The fourth-order valence-corrected chi connectivity index (χ4v) is 2.13. The van der Waals surface area contributed by atoms with Crippen LogP contribution in [0, 0.1) is 12.7 Å². The van der Waals surface area contributed by atoms with E-state index in [1.165, 1.54) is 19.2 Å². The first-order valence-corrected chi connectivity index (χ1v) is 6.20. The third kappa shape index (κ3) is 2.68. The number of aryl methyl sites for hydroxylation is 2. The van der Waals surface area contributed by atoms with Gasteiger partial charge in [0.05, 0.1) is 31.2 Å². The van der Waals surface area contributed by atoms with Crippen molar-refractivity contribution in [2.75, 3.05) is 19.5 Å². The van der Waals surface area contributed by atoms with Crippen LogP contribution < -0.4 is 14.8 Å². The number of rotatable bonds is 5. The predicted octanol–water partition coefficient (Wildman–Crippen LogP) is 2.50. The van der Waals surface area contributed by atoms with Crippen molar-refractivity contribution in [2.24, 2.45) is 7.05 Å². The molecule has 0 spiro atoms. The summed E-state index contributed by atoms with van der Waals surface area (Å²) < 4.78 is 25.3. The van der Waals surface area contributed by atoms with Crippen LogP contribution in [0.1, 0.15) is 11.3 Å². The summed E-state index contributed by atoms with van der Waals surface area (Å²) in [6, 6.07) is 4.38. The zero-order valence-electron chi connectivity index (χ0n) is 12.0. The SMILES string of the molecule is COc1cc(F)ccc1NCc1c(C)nn(C)c1OC. The molecule has 0 saturated heterocycles. The van der Waals surface area contributed by atoms with Crippen LogP contribution in [0.15, 0.2) is 18.2 Å². The second-order valence-electron chi connectivity index (χ2n) is 4.40. The van der Waals surface area contributed by atoms with Crippen molar-refractivity contribution >= 4 is 5.69 Å². The molecule has 5 nitrogen and oxygen atoms in total. The molecular weight excluding hydrogens is 261 g/mol. The summed E-state index contributed by atoms with van der Waals surface area (Å²) in [5.74, 6) is 0.837. The molecule has 0 saturated carbocycles. The minimum Gasteiger partial charge on any atom is -0.494 e. The lowest BCUT2D eigenvalue weighted by molar-refractivity contribution is 0.369. The van der Waals surface area contributed by atoms with Gasteiger partial charge in [-0.05, 0) is 19.1 Å². The van der Waals surface area contributed by atoms with Crippen molar-refractivity contribution in [3.63, 3.8) is 0 Å². The first-order valence-electron chi connectivity index (χ1n) is 6.20. The largest absolute Gasteiger partial charge is 0.494 e. The molecule has 0 aliphatic rings. The Balaban J connectivity index is 2.21. The van der Waals surface area contributed by atoms with Gasteiger partial charge in [-0.3, -0.25) is 0 Å². The number of methoxy groups -OCH3 is 2. The number of hydrogen-bond donors (Lipinski definition) is 1. The van der Waals surface area contributed by atoms with E-state index < -0.39 is 0 Å². The highest BCUT2D eigenvalue weighted by atomic mass is 19.1. The Morgan fingerprint density at radius 2 is 2.05 bits per heavy atom. The first kappa shape index (κ1) is 14.2. The zero-order chi connectivity index (χ0) is 14.7. The van der Waals surface area contributed by atoms with Crippen LogP contribution in [-0.2, 0) is 13.6 Å². The summed E-state index contributed by atoms with van der Waals surface area (Å²) >= 11 is 0. The van der Waals surface area contributed by atoms with Gasteiger partial charge in [0.1, 0.15) is 11.6 Å². The quantitative estimate of drug-likeness (QED) is 0.913. The second-order valence-corrected chi connectivity index (χ2v) is 4.40. The first-order chi connectivity index (χ1) is 9.56. The van der Waals surface area contributed by atoms with Gasteiger partial charge in [-0.2, -0.15) is 5.10 Å². The molecule has 1 N–H and O–H groups in total. The molecule has 1 aromatic carbocycles. The third-order valence-corrected chi connectivity index (χ3v) is 3.10. The van der Waals surface area contributed by atoms with Crippen molar-refractivity contribution in [3.05, 3.63) is 35.3 Å². The smallest absolute Gasteiger partial charge is 0.216 e. The van der Waals surface area contributed by atoms with E-state index in [9.17, 15) is 4.39 Å². The van der Waals surface area contributed by atoms with Crippen molar-refractivity contribution in [1.82, 2.24) is 9.78 Å². The zero-order valence-corrected chi connectivity index (χ0v) is 12.0. The van der Waals surface area contributed by atoms with Gasteiger partial charge in [0.25, 0.3) is 0 Å². The van der Waals surface area contributed by atoms with Gasteiger partial charge in [-0.15, -0.1) is 0 Å². The molecule has 0 amide bonds. The normalized spacial score (nSPS) is 10.4. The highest BCUT2D eigenvalue weighted by Crippen LogP contribution is 2.27. The molecular formula is C14H18FN3O2. The summed E-state index contributed by atoms with van der Waals surface area (Å²) in [5.41, 5.74) is 2.57. The number of hydrogen-bond acceptors (Lipinski definition) is 4. The molecule has 0 radical (unpaired) electrons. The summed E-state index contributed by atoms with van der Waals surface area (Å²) in [4.78, 5) is 0. The molecule has 0 unspecified atom stereocenters. The molecule has 0 fully saturated rings. The van der Waals surface area contributed by atoms with Gasteiger partial charge in [0.15, 0.2) is 0 Å². The summed E-state index contributed by atoms with van der Waals surface area (Å²) in [6.07, 6.45) is 0. The molecule has 1 heterocycles. The minimum absolute atomic E-state index is 0.331. The lowest BCUT2D eigenvalue weighted by Crippen LogP contribution is -2.04. The van der Waals surface area contributed by atoms with Crippen molar-refractivity contribution in [2.45, 2.75) is 13.5 Å². The van der Waals surface area contributed by atoms with Crippen LogP contribution >= 0.6 is 0 Å². The molecule has 20 heavy (non-hydrogen) atoms. The van der Waals surface area contributed by atoms with Crippen molar-refractivity contribution in [1.29, 1.82) is 0 Å². The maximum absolute atomic E-state index is 13.1. The second kappa shape index (κ2) is 5.81. The highest BCUT2D eigenvalue weighted by molar-refractivity contribution is 5.57. The minimum atomic E-state index is -0.331. The van der Waals surface area contributed by atoms with Gasteiger partial charge in [-0.25, -0.2) is 9.07 Å². The van der Waals surface area contributed by atoms with Crippen LogP contribution in [0.3, 0.4) is 0 Å². The summed E-state index contributed by atoms with van der Waals surface area (Å²) in [6.45, 7) is 2.44. The van der Waals surface area contributed by atoms with E-state index in [1.807, 2.05) is 14.0 Å². The average Bonchev–Trinajstić information content (AvgIpc) is 2.70. The van der Waals surface area contributed by atoms with Gasteiger partial charge < -0.3 is 14.8 Å². The Morgan fingerprint density at radius 3 is 2.70 bits per heavy atom. The van der Waals surface area contributed by atoms with E-state index >= 15 is 0 Å². The number of benzene rings is 1. The molecule has 6 heteroatoms. The lowest BCUT2D eigenvalue weighted by atomic mass is 10.2. The Morgan fingerprint density at radius 1 is 1.30 bits per heavy atom. The maximum atomic E-state index is 13.1. The van der Waals surface area contributed by atoms with Gasteiger partial charge in [-0.1, -0.05) is 0 Å². The number of aromatic nitrogens is 2. The number of halogens is 1. The summed E-state index contributed by atoms with van der Waals surface area (Å²) in [5, 5.41) is 7.52. The molecule has 2 rings (SSSR count). The monoisotopic (exact) mass is 279 g/mol. The molecule has 108 valence electrons. The van der Waals surface area contributed by atoms with Crippen molar-refractivity contribution in [3.8, 4) is 11.6 Å². The molecule has 0 aliphatic heterocycles. The molecule has 1 aromatic heterocycles. The fraction of sp³-hybridized carbons (Fsp3) is 0.357. The standard InChI is InChI=1S/C14H18FN3O2/c1-9-11(14(20-4)18(2)17-9)8-16-12-6-5-10(15)7-13(12)19-3/h5-7,16H,8H2,1-4H3. The molecule has 0 bridgehead atoms. The van der Waals surface area contributed by atoms with E-state index in [0.717, 1.165) is 16.9 Å². The van der Waals surface area contributed by atoms with Crippen LogP contribution in [0.4, 0.5) is 10.1 Å². The van der Waals surface area contributed by atoms with E-state index in [0.29, 0.717) is 18.2 Å². The predicted molar refractivity (Wildman–Crippen MR) is 74.8 cm³/mol. The van der Waals surface area contributed by atoms with Gasteiger partial charge >= 0.3 is 0 Å². The third-order valence-electron chi connectivity index (χ3n) is 3.10. The number of nitrogens with one attached hydrogen (secondary N) is 1. The van der Waals surface area contributed by atoms with Gasteiger partial charge in [0.2, 0.25) is 5.88 Å². The maximum Gasteiger partial charge on any atom is 0.216 e. The van der Waals surface area contributed by atoms with Crippen LogP contribution in [0.5, 0.6) is 11.6 Å². The Labute approximate surface area is 117 Å². The van der Waals surface area contributed by atoms with Crippen LogP contribution in [-0.4, -0.2) is 24.0 Å². The fourth-order valence-electron chi connectivity index (χ4n) is 2.13. The van der Waals surface area contributed by atoms with Crippen LogP contribution in [0.25, 0.3) is 0 Å². The van der Waals surface area contributed by atoms with E-state index in [1.54, 1.807) is 17.9 Å². The lowest BCUT2D eigenvalue weighted by Gasteiger charge is -2.11. The summed E-state index contributed by atoms with van der Waals surface area (Å²) in [7, 11) is 4.95. The average molecular weight is 279 g/mol. The Bertz CT molecular complexity index is 611. The molecule has 0 aliphatic carbocycles. The van der Waals surface area contributed by atoms with E-state index in [-0.39, 0.29) is 5.82 Å². The molecule has 0 atom stereocenters. The van der Waals surface area contributed by atoms with Gasteiger partial charge in [0, 0.05) is 19.7 Å².